The first kappa shape index (κ1) is 11.1. The van der Waals surface area contributed by atoms with Crippen LogP contribution in [-0.4, -0.2) is 16.2 Å². The molecule has 0 radical (unpaired) electrons. The number of carbonyl (C=O) groups excluding carboxylic acids is 1. The fourth-order valence-electron chi connectivity index (χ4n) is 0.999. The zero-order valence-electron chi connectivity index (χ0n) is 6.99. The van der Waals surface area contributed by atoms with E-state index in [2.05, 4.69) is 4.98 Å². The van der Waals surface area contributed by atoms with Gasteiger partial charge in [-0.2, -0.15) is 13.2 Å². The van der Waals surface area contributed by atoms with Crippen molar-refractivity contribution in [2.75, 3.05) is 0 Å². The second-order valence-electron chi connectivity index (χ2n) is 2.46. The van der Waals surface area contributed by atoms with Gasteiger partial charge >= 0.3 is 6.18 Å². The third kappa shape index (κ3) is 2.09. The third-order valence-corrected chi connectivity index (χ3v) is 1.55. The van der Waals surface area contributed by atoms with E-state index in [-0.39, 0.29) is 6.29 Å². The van der Waals surface area contributed by atoms with Gasteiger partial charge < -0.3 is 0 Å². The van der Waals surface area contributed by atoms with Crippen LogP contribution in [0.2, 0.25) is 0 Å². The Morgan fingerprint density at radius 2 is 2.07 bits per heavy atom. The smallest absolute Gasteiger partial charge is 0.296 e. The van der Waals surface area contributed by atoms with E-state index in [9.17, 15) is 28.1 Å². The molecule has 15 heavy (non-hydrogen) atoms. The summed E-state index contributed by atoms with van der Waals surface area (Å²) in [5, 5.41) is 10.3. The monoisotopic (exact) mass is 220 g/mol. The van der Waals surface area contributed by atoms with Crippen molar-refractivity contribution in [2.24, 2.45) is 0 Å². The van der Waals surface area contributed by atoms with E-state index in [1.165, 1.54) is 0 Å². The van der Waals surface area contributed by atoms with Crippen molar-refractivity contribution < 1.29 is 22.9 Å². The Morgan fingerprint density at radius 1 is 1.47 bits per heavy atom. The number of carbonyl (C=O) groups is 1. The molecule has 0 aliphatic rings. The number of aldehydes is 1. The number of nitrogens with zero attached hydrogens (tertiary/aromatic N) is 2. The summed E-state index contributed by atoms with van der Waals surface area (Å²) in [6.45, 7) is 0. The van der Waals surface area contributed by atoms with Crippen LogP contribution in [0, 0.1) is 10.1 Å². The second kappa shape index (κ2) is 3.64. The Kier molecular flexibility index (Phi) is 2.69. The van der Waals surface area contributed by atoms with Crippen LogP contribution >= 0.6 is 0 Å². The summed E-state index contributed by atoms with van der Waals surface area (Å²) in [6, 6.07) is 0.593. The fourth-order valence-corrected chi connectivity index (χ4v) is 0.999. The molecule has 1 heterocycles. The van der Waals surface area contributed by atoms with E-state index in [1.807, 2.05) is 0 Å². The van der Waals surface area contributed by atoms with Gasteiger partial charge in [-0.1, -0.05) is 0 Å². The maximum atomic E-state index is 12.4. The van der Waals surface area contributed by atoms with Gasteiger partial charge in [-0.05, 0) is 0 Å². The molecule has 0 aliphatic carbocycles. The minimum Gasteiger partial charge on any atom is -0.296 e. The van der Waals surface area contributed by atoms with E-state index in [0.717, 1.165) is 6.20 Å². The van der Waals surface area contributed by atoms with Crippen LogP contribution in [-0.2, 0) is 6.18 Å². The fraction of sp³-hybridized carbons (Fsp3) is 0.143. The Balaban J connectivity index is 3.54. The molecular weight excluding hydrogens is 217 g/mol. The topological polar surface area (TPSA) is 73.1 Å². The summed E-state index contributed by atoms with van der Waals surface area (Å²) in [6.07, 6.45) is -4.38. The summed E-state index contributed by atoms with van der Waals surface area (Å²) in [5.41, 5.74) is -3.79. The van der Waals surface area contributed by atoms with Gasteiger partial charge in [0.25, 0.3) is 5.69 Å². The number of rotatable bonds is 2. The van der Waals surface area contributed by atoms with Crippen LogP contribution in [0.3, 0.4) is 0 Å². The zero-order chi connectivity index (χ0) is 11.6. The van der Waals surface area contributed by atoms with Crippen molar-refractivity contribution in [3.63, 3.8) is 0 Å². The van der Waals surface area contributed by atoms with Gasteiger partial charge in [0.1, 0.15) is 5.69 Å². The molecule has 8 heteroatoms. The molecule has 80 valence electrons. The molecule has 1 rings (SSSR count). The van der Waals surface area contributed by atoms with Gasteiger partial charge in [0.2, 0.25) is 0 Å². The molecular formula is C7H3F3N2O3. The molecule has 0 N–H and O–H groups in total. The Morgan fingerprint density at radius 3 is 2.47 bits per heavy atom. The van der Waals surface area contributed by atoms with E-state index in [0.29, 0.717) is 6.07 Å². The highest BCUT2D eigenvalue weighted by Crippen LogP contribution is 2.36. The zero-order valence-corrected chi connectivity index (χ0v) is 6.99. The van der Waals surface area contributed by atoms with Gasteiger partial charge in [0.05, 0.1) is 4.92 Å². The maximum absolute atomic E-state index is 12.4. The molecule has 5 nitrogen and oxygen atoms in total. The van der Waals surface area contributed by atoms with Crippen LogP contribution in [0.1, 0.15) is 16.1 Å². The van der Waals surface area contributed by atoms with E-state index in [1.54, 1.807) is 0 Å². The van der Waals surface area contributed by atoms with Crippen molar-refractivity contribution in [3.05, 3.63) is 33.6 Å². The Labute approximate surface area is 80.7 Å². The average Bonchev–Trinajstić information content (AvgIpc) is 2.15. The van der Waals surface area contributed by atoms with E-state index >= 15 is 0 Å². The number of pyridine rings is 1. The molecule has 0 saturated heterocycles. The summed E-state index contributed by atoms with van der Waals surface area (Å²) >= 11 is 0. The van der Waals surface area contributed by atoms with Gasteiger partial charge in [0, 0.05) is 12.3 Å². The number of halogens is 3. The van der Waals surface area contributed by atoms with Gasteiger partial charge in [-0.3, -0.25) is 19.9 Å². The summed E-state index contributed by atoms with van der Waals surface area (Å²) in [5.74, 6) is 0. The lowest BCUT2D eigenvalue weighted by Gasteiger charge is -2.08. The molecule has 0 bridgehead atoms. The molecule has 0 amide bonds. The molecule has 0 atom stereocenters. The maximum Gasteiger partial charge on any atom is 0.425 e. The highest BCUT2D eigenvalue weighted by atomic mass is 19.4. The lowest BCUT2D eigenvalue weighted by atomic mass is 10.1. The van der Waals surface area contributed by atoms with Crippen molar-refractivity contribution in [2.45, 2.75) is 6.18 Å². The number of aromatic nitrogens is 1. The second-order valence-corrected chi connectivity index (χ2v) is 2.46. The number of alkyl halides is 3. The van der Waals surface area contributed by atoms with Gasteiger partial charge in [-0.15, -0.1) is 0 Å². The Hall–Kier alpha value is -1.99. The first-order chi connectivity index (χ1) is 6.88. The van der Waals surface area contributed by atoms with Crippen LogP contribution in [0.5, 0.6) is 0 Å². The normalized spacial score (nSPS) is 11.1. The molecule has 0 unspecified atom stereocenters. The summed E-state index contributed by atoms with van der Waals surface area (Å²) < 4.78 is 37.1. The first-order valence-corrected chi connectivity index (χ1v) is 3.53. The lowest BCUT2D eigenvalue weighted by molar-refractivity contribution is -0.388. The SMILES string of the molecule is O=Cc1nccc([N+](=O)[O-])c1C(F)(F)F. The largest absolute Gasteiger partial charge is 0.425 e. The predicted molar refractivity (Wildman–Crippen MR) is 41.3 cm³/mol. The molecule has 1 aromatic heterocycles. The van der Waals surface area contributed by atoms with Crippen molar-refractivity contribution in [1.29, 1.82) is 0 Å². The molecule has 0 aromatic carbocycles. The first-order valence-electron chi connectivity index (χ1n) is 3.53. The van der Waals surface area contributed by atoms with Gasteiger partial charge in [-0.25, -0.2) is 0 Å². The minimum absolute atomic E-state index is 0.171. The third-order valence-electron chi connectivity index (χ3n) is 1.55. The molecule has 0 saturated carbocycles. The molecule has 0 spiro atoms. The van der Waals surface area contributed by atoms with Crippen LogP contribution < -0.4 is 0 Å². The van der Waals surface area contributed by atoms with Crippen molar-refractivity contribution >= 4 is 12.0 Å². The summed E-state index contributed by atoms with van der Waals surface area (Å²) in [7, 11) is 0. The highest BCUT2D eigenvalue weighted by molar-refractivity contribution is 5.76. The Bertz CT molecular complexity index is 416. The minimum atomic E-state index is -4.98. The molecule has 0 aliphatic heterocycles. The average molecular weight is 220 g/mol. The molecule has 1 aromatic rings. The van der Waals surface area contributed by atoms with Crippen molar-refractivity contribution in [1.82, 2.24) is 4.98 Å². The van der Waals surface area contributed by atoms with Crippen LogP contribution in [0.4, 0.5) is 18.9 Å². The summed E-state index contributed by atoms with van der Waals surface area (Å²) in [4.78, 5) is 22.5. The standard InChI is InChI=1S/C7H3F3N2O3/c8-7(9,10)6-4(3-13)11-2-1-5(6)12(14)15/h1-3H. The number of hydrogen-bond acceptors (Lipinski definition) is 4. The number of hydrogen-bond donors (Lipinski definition) is 0. The van der Waals surface area contributed by atoms with Crippen molar-refractivity contribution in [3.8, 4) is 0 Å². The predicted octanol–water partition coefficient (Wildman–Crippen LogP) is 1.82. The highest BCUT2D eigenvalue weighted by Gasteiger charge is 2.41. The molecule has 0 fully saturated rings. The van der Waals surface area contributed by atoms with Crippen LogP contribution in [0.25, 0.3) is 0 Å². The number of nitro groups is 1. The quantitative estimate of drug-likeness (QED) is 0.433. The van der Waals surface area contributed by atoms with Crippen LogP contribution in [0.15, 0.2) is 12.3 Å². The lowest BCUT2D eigenvalue weighted by Crippen LogP contribution is -2.13. The van der Waals surface area contributed by atoms with Gasteiger partial charge in [0.15, 0.2) is 11.8 Å². The van der Waals surface area contributed by atoms with E-state index < -0.39 is 28.0 Å². The van der Waals surface area contributed by atoms with E-state index in [4.69, 9.17) is 0 Å².